The molecule has 0 atom stereocenters. The average molecular weight is 470 g/mol. The molecular weight excluding hydrogens is 451 g/mol. The predicted molar refractivity (Wildman–Crippen MR) is 117 cm³/mol. The van der Waals surface area contributed by atoms with E-state index in [-0.39, 0.29) is 11.8 Å². The van der Waals surface area contributed by atoms with E-state index in [2.05, 4.69) is 33.2 Å². The van der Waals surface area contributed by atoms with Gasteiger partial charge in [-0.3, -0.25) is 9.59 Å². The van der Waals surface area contributed by atoms with Gasteiger partial charge >= 0.3 is 0 Å². The number of anilines is 2. The Morgan fingerprint density at radius 3 is 2.15 bits per heavy atom. The van der Waals surface area contributed by atoms with E-state index in [1.165, 1.54) is 0 Å². The quantitative estimate of drug-likeness (QED) is 0.501. The molecule has 0 heterocycles. The van der Waals surface area contributed by atoms with Crippen molar-refractivity contribution < 1.29 is 9.59 Å². The third-order valence-corrected chi connectivity index (χ3v) is 4.79. The topological polar surface area (TPSA) is 58.2 Å². The number of carbonyl (C=O) groups is 2. The molecule has 5 heteroatoms. The lowest BCUT2D eigenvalue weighted by Gasteiger charge is -2.10. The highest BCUT2D eigenvalue weighted by Gasteiger charge is 2.10. The summed E-state index contributed by atoms with van der Waals surface area (Å²) in [6.45, 7) is 3.90. The average Bonchev–Trinajstić information content (AvgIpc) is 2.64. The van der Waals surface area contributed by atoms with Crippen LogP contribution < -0.4 is 10.6 Å². The van der Waals surface area contributed by atoms with Gasteiger partial charge in [-0.2, -0.15) is 0 Å². The van der Waals surface area contributed by atoms with Crippen LogP contribution in [0.15, 0.2) is 66.7 Å². The molecule has 0 aliphatic rings. The normalized spacial score (nSPS) is 10.3. The smallest absolute Gasteiger partial charge is 0.255 e. The lowest BCUT2D eigenvalue weighted by Crippen LogP contribution is -2.14. The molecule has 0 spiro atoms. The molecule has 0 radical (unpaired) electrons. The van der Waals surface area contributed by atoms with Crippen LogP contribution in [0.5, 0.6) is 0 Å². The Balaban J connectivity index is 1.67. The van der Waals surface area contributed by atoms with Crippen molar-refractivity contribution in [3.05, 3.63) is 92.6 Å². The van der Waals surface area contributed by atoms with Crippen molar-refractivity contribution in [1.29, 1.82) is 0 Å². The van der Waals surface area contributed by atoms with E-state index in [0.29, 0.717) is 16.8 Å². The number of benzene rings is 3. The van der Waals surface area contributed by atoms with Crippen molar-refractivity contribution >= 4 is 45.8 Å². The lowest BCUT2D eigenvalue weighted by atomic mass is 10.1. The molecule has 2 N–H and O–H groups in total. The van der Waals surface area contributed by atoms with Gasteiger partial charge < -0.3 is 10.6 Å². The Kier molecular flexibility index (Phi) is 5.91. The second-order valence-corrected chi connectivity index (χ2v) is 7.56. The molecule has 3 rings (SSSR count). The van der Waals surface area contributed by atoms with E-state index in [1.54, 1.807) is 30.3 Å². The van der Waals surface area contributed by atoms with E-state index in [1.807, 2.05) is 50.2 Å². The third-order valence-electron chi connectivity index (χ3n) is 4.12. The summed E-state index contributed by atoms with van der Waals surface area (Å²) in [5, 5.41) is 5.76. The number of hydrogen-bond donors (Lipinski definition) is 2. The minimum atomic E-state index is -0.184. The van der Waals surface area contributed by atoms with Crippen LogP contribution in [0.4, 0.5) is 11.4 Å². The molecule has 0 fully saturated rings. The second-order valence-electron chi connectivity index (χ2n) is 6.31. The summed E-state index contributed by atoms with van der Waals surface area (Å²) in [6, 6.07) is 20.1. The number of carbonyl (C=O) groups excluding carboxylic acids is 2. The van der Waals surface area contributed by atoms with Crippen LogP contribution >= 0.6 is 22.6 Å². The van der Waals surface area contributed by atoms with Gasteiger partial charge in [-0.1, -0.05) is 17.7 Å². The molecule has 0 saturated carbocycles. The molecule has 136 valence electrons. The zero-order valence-corrected chi connectivity index (χ0v) is 17.2. The van der Waals surface area contributed by atoms with Crippen molar-refractivity contribution in [2.45, 2.75) is 13.8 Å². The molecule has 0 aromatic heterocycles. The molecule has 3 aromatic rings. The van der Waals surface area contributed by atoms with Crippen molar-refractivity contribution in [2.75, 3.05) is 10.6 Å². The molecule has 0 aliphatic carbocycles. The lowest BCUT2D eigenvalue weighted by molar-refractivity contribution is 0.102. The maximum absolute atomic E-state index is 12.4. The third kappa shape index (κ3) is 4.95. The first-order valence-electron chi connectivity index (χ1n) is 8.48. The fraction of sp³-hybridized carbons (Fsp3) is 0.0909. The second kappa shape index (κ2) is 8.35. The van der Waals surface area contributed by atoms with Crippen molar-refractivity contribution in [3.63, 3.8) is 0 Å². The fourth-order valence-electron chi connectivity index (χ4n) is 2.66. The Hall–Kier alpha value is -2.67. The standard InChI is InChI=1S/C22H19IN2O2/c1-14-4-3-5-17(12-14)22(27)24-19-9-6-16(7-10-19)21(26)25-20-11-8-18(23)13-15(20)2/h3-13H,1-2H3,(H,24,27)(H,25,26). The van der Waals surface area contributed by atoms with E-state index < -0.39 is 0 Å². The number of nitrogens with one attached hydrogen (secondary N) is 2. The highest BCUT2D eigenvalue weighted by atomic mass is 127. The zero-order chi connectivity index (χ0) is 19.4. The van der Waals surface area contributed by atoms with Crippen LogP contribution in [-0.4, -0.2) is 11.8 Å². The minimum absolute atomic E-state index is 0.176. The van der Waals surface area contributed by atoms with Gasteiger partial charge in [0.15, 0.2) is 0 Å². The number of halogens is 1. The summed E-state index contributed by atoms with van der Waals surface area (Å²) in [4.78, 5) is 24.7. The molecule has 0 saturated heterocycles. The van der Waals surface area contributed by atoms with Crippen LogP contribution in [0, 0.1) is 17.4 Å². The maximum atomic E-state index is 12.4. The summed E-state index contributed by atoms with van der Waals surface area (Å²) in [5.74, 6) is -0.360. The minimum Gasteiger partial charge on any atom is -0.322 e. The Labute approximate surface area is 172 Å². The molecular formula is C22H19IN2O2. The molecule has 4 nitrogen and oxygen atoms in total. The maximum Gasteiger partial charge on any atom is 0.255 e. The Bertz CT molecular complexity index is 997. The SMILES string of the molecule is Cc1cccc(C(=O)Nc2ccc(C(=O)Nc3ccc(I)cc3C)cc2)c1. The first kappa shape index (κ1) is 19.1. The molecule has 27 heavy (non-hydrogen) atoms. The van der Waals surface area contributed by atoms with E-state index in [9.17, 15) is 9.59 Å². The summed E-state index contributed by atoms with van der Waals surface area (Å²) in [5.41, 5.74) is 4.60. The van der Waals surface area contributed by atoms with Crippen LogP contribution in [0.25, 0.3) is 0 Å². The molecule has 2 amide bonds. The molecule has 0 unspecified atom stereocenters. The van der Waals surface area contributed by atoms with Gasteiger partial charge in [-0.05, 0) is 96.6 Å². The van der Waals surface area contributed by atoms with Crippen LogP contribution in [0.2, 0.25) is 0 Å². The monoisotopic (exact) mass is 470 g/mol. The van der Waals surface area contributed by atoms with Gasteiger partial charge in [0.2, 0.25) is 0 Å². The summed E-state index contributed by atoms with van der Waals surface area (Å²) in [6.07, 6.45) is 0. The number of amides is 2. The van der Waals surface area contributed by atoms with E-state index >= 15 is 0 Å². The predicted octanol–water partition coefficient (Wildman–Crippen LogP) is 5.41. The van der Waals surface area contributed by atoms with Gasteiger partial charge in [-0.25, -0.2) is 0 Å². The van der Waals surface area contributed by atoms with Crippen LogP contribution in [-0.2, 0) is 0 Å². The first-order chi connectivity index (χ1) is 12.9. The number of hydrogen-bond acceptors (Lipinski definition) is 2. The van der Waals surface area contributed by atoms with Crippen molar-refractivity contribution in [3.8, 4) is 0 Å². The fourth-order valence-corrected chi connectivity index (χ4v) is 3.30. The summed E-state index contributed by atoms with van der Waals surface area (Å²) in [7, 11) is 0. The van der Waals surface area contributed by atoms with Gasteiger partial charge in [-0.15, -0.1) is 0 Å². The summed E-state index contributed by atoms with van der Waals surface area (Å²) >= 11 is 2.24. The van der Waals surface area contributed by atoms with Gasteiger partial charge in [0.1, 0.15) is 0 Å². The van der Waals surface area contributed by atoms with E-state index in [4.69, 9.17) is 0 Å². The molecule has 3 aromatic carbocycles. The number of aryl methyl sites for hydroxylation is 2. The highest BCUT2D eigenvalue weighted by molar-refractivity contribution is 14.1. The van der Waals surface area contributed by atoms with E-state index in [0.717, 1.165) is 20.4 Å². The van der Waals surface area contributed by atoms with Crippen LogP contribution in [0.1, 0.15) is 31.8 Å². The largest absolute Gasteiger partial charge is 0.322 e. The first-order valence-corrected chi connectivity index (χ1v) is 9.56. The van der Waals surface area contributed by atoms with Gasteiger partial charge in [0, 0.05) is 26.1 Å². The number of rotatable bonds is 4. The molecule has 0 bridgehead atoms. The van der Waals surface area contributed by atoms with Crippen molar-refractivity contribution in [1.82, 2.24) is 0 Å². The highest BCUT2D eigenvalue weighted by Crippen LogP contribution is 2.19. The summed E-state index contributed by atoms with van der Waals surface area (Å²) < 4.78 is 1.12. The van der Waals surface area contributed by atoms with Crippen molar-refractivity contribution in [2.24, 2.45) is 0 Å². The van der Waals surface area contributed by atoms with Gasteiger partial charge in [0.05, 0.1) is 0 Å². The van der Waals surface area contributed by atoms with Crippen LogP contribution in [0.3, 0.4) is 0 Å². The Morgan fingerprint density at radius 1 is 0.778 bits per heavy atom. The zero-order valence-electron chi connectivity index (χ0n) is 15.0. The van der Waals surface area contributed by atoms with Gasteiger partial charge in [0.25, 0.3) is 11.8 Å². The molecule has 0 aliphatic heterocycles. The Morgan fingerprint density at radius 2 is 1.48 bits per heavy atom.